The van der Waals surface area contributed by atoms with Gasteiger partial charge in [-0.2, -0.15) is 0 Å². The molecule has 0 bridgehead atoms. The fourth-order valence-corrected chi connectivity index (χ4v) is 3.17. The summed E-state index contributed by atoms with van der Waals surface area (Å²) in [5.74, 6) is 0.103. The summed E-state index contributed by atoms with van der Waals surface area (Å²) in [7, 11) is 0. The van der Waals surface area contributed by atoms with Gasteiger partial charge < -0.3 is 9.32 Å². The Morgan fingerprint density at radius 2 is 2.09 bits per heavy atom. The van der Waals surface area contributed by atoms with Crippen LogP contribution in [-0.2, 0) is 4.79 Å². The maximum absolute atomic E-state index is 12.9. The van der Waals surface area contributed by atoms with E-state index in [1.807, 2.05) is 37.3 Å². The van der Waals surface area contributed by atoms with Gasteiger partial charge in [-0.05, 0) is 43.0 Å². The van der Waals surface area contributed by atoms with Crippen LogP contribution < -0.4 is 0 Å². The molecule has 0 N–H and O–H groups in total. The van der Waals surface area contributed by atoms with Gasteiger partial charge in [-0.15, -0.1) is 0 Å². The third-order valence-electron chi connectivity index (χ3n) is 4.45. The number of nitrogens with zero attached hydrogens (tertiary/aromatic N) is 1. The van der Waals surface area contributed by atoms with Gasteiger partial charge in [-0.25, -0.2) is 0 Å². The molecule has 1 aliphatic rings. The Morgan fingerprint density at radius 3 is 2.83 bits per heavy atom. The second kappa shape index (κ2) is 6.82. The van der Waals surface area contributed by atoms with Gasteiger partial charge in [0.15, 0.2) is 5.78 Å². The second-order valence-corrected chi connectivity index (χ2v) is 5.92. The van der Waals surface area contributed by atoms with Crippen molar-refractivity contribution in [2.24, 2.45) is 0 Å². The molecule has 23 heavy (non-hydrogen) atoms. The Kier molecular flexibility index (Phi) is 4.60. The van der Waals surface area contributed by atoms with Gasteiger partial charge in [-0.3, -0.25) is 9.59 Å². The van der Waals surface area contributed by atoms with Crippen LogP contribution in [0.5, 0.6) is 0 Å². The van der Waals surface area contributed by atoms with E-state index >= 15 is 0 Å². The van der Waals surface area contributed by atoms with Gasteiger partial charge in [0.1, 0.15) is 0 Å². The number of benzene rings is 1. The molecule has 1 amide bonds. The maximum Gasteiger partial charge on any atom is 0.254 e. The molecule has 0 unspecified atom stereocenters. The fourth-order valence-electron chi connectivity index (χ4n) is 3.17. The highest BCUT2D eigenvalue weighted by Gasteiger charge is 2.31. The van der Waals surface area contributed by atoms with E-state index in [-0.39, 0.29) is 17.7 Å². The fraction of sp³-hybridized carbons (Fsp3) is 0.368. The van der Waals surface area contributed by atoms with Crippen LogP contribution in [0, 0.1) is 0 Å². The molecule has 1 aromatic heterocycles. The molecular weight excluding hydrogens is 290 g/mol. The van der Waals surface area contributed by atoms with E-state index in [0.717, 1.165) is 30.4 Å². The quantitative estimate of drug-likeness (QED) is 0.860. The van der Waals surface area contributed by atoms with Crippen LogP contribution in [-0.4, -0.2) is 29.2 Å². The predicted molar refractivity (Wildman–Crippen MR) is 88.1 cm³/mol. The van der Waals surface area contributed by atoms with E-state index in [1.165, 1.54) is 0 Å². The van der Waals surface area contributed by atoms with E-state index in [9.17, 15) is 9.59 Å². The summed E-state index contributed by atoms with van der Waals surface area (Å²) in [5, 5.41) is 0. The van der Waals surface area contributed by atoms with Crippen molar-refractivity contribution in [1.29, 1.82) is 0 Å². The number of likely N-dealkylation sites (tertiary alicyclic amines) is 1. The van der Waals surface area contributed by atoms with Gasteiger partial charge >= 0.3 is 0 Å². The Balaban J connectivity index is 1.87. The summed E-state index contributed by atoms with van der Waals surface area (Å²) in [6.07, 6.45) is 6.50. The molecule has 3 rings (SSSR count). The second-order valence-electron chi connectivity index (χ2n) is 5.92. The highest BCUT2D eigenvalue weighted by atomic mass is 16.3. The lowest BCUT2D eigenvalue weighted by Crippen LogP contribution is -2.47. The van der Waals surface area contributed by atoms with Gasteiger partial charge in [-0.1, -0.05) is 19.1 Å². The van der Waals surface area contributed by atoms with Crippen molar-refractivity contribution in [2.45, 2.75) is 38.6 Å². The molecule has 1 aliphatic heterocycles. The van der Waals surface area contributed by atoms with Crippen molar-refractivity contribution >= 4 is 11.7 Å². The molecule has 0 radical (unpaired) electrons. The first-order valence-corrected chi connectivity index (χ1v) is 8.17. The first-order chi connectivity index (χ1) is 11.2. The van der Waals surface area contributed by atoms with Crippen molar-refractivity contribution in [3.8, 4) is 11.1 Å². The van der Waals surface area contributed by atoms with Crippen LogP contribution in [0.3, 0.4) is 0 Å². The van der Waals surface area contributed by atoms with Gasteiger partial charge in [0.05, 0.1) is 18.6 Å². The van der Waals surface area contributed by atoms with E-state index in [0.29, 0.717) is 18.5 Å². The number of ketones is 1. The smallest absolute Gasteiger partial charge is 0.254 e. The maximum atomic E-state index is 12.9. The van der Waals surface area contributed by atoms with Crippen LogP contribution in [0.2, 0.25) is 0 Å². The number of carbonyl (C=O) groups is 2. The Bertz CT molecular complexity index is 690. The van der Waals surface area contributed by atoms with E-state index in [2.05, 4.69) is 0 Å². The van der Waals surface area contributed by atoms with Crippen LogP contribution in [0.25, 0.3) is 11.1 Å². The molecule has 2 heterocycles. The topological polar surface area (TPSA) is 50.5 Å². The van der Waals surface area contributed by atoms with Crippen molar-refractivity contribution in [2.75, 3.05) is 6.54 Å². The zero-order valence-corrected chi connectivity index (χ0v) is 13.3. The van der Waals surface area contributed by atoms with E-state index in [1.54, 1.807) is 17.4 Å². The molecule has 120 valence electrons. The highest BCUT2D eigenvalue weighted by Crippen LogP contribution is 2.24. The largest absolute Gasteiger partial charge is 0.472 e. The number of hydrogen-bond donors (Lipinski definition) is 0. The SMILES string of the molecule is CCC(=O)[C@H]1CCCCN1C(=O)c1cccc(-c2ccoc2)c1. The summed E-state index contributed by atoms with van der Waals surface area (Å²) < 4.78 is 5.11. The average Bonchev–Trinajstić information content (AvgIpc) is 3.15. The predicted octanol–water partition coefficient (Wildman–Crippen LogP) is 3.92. The number of rotatable bonds is 4. The lowest BCUT2D eigenvalue weighted by atomic mass is 9.95. The first kappa shape index (κ1) is 15.5. The summed E-state index contributed by atoms with van der Waals surface area (Å²) in [5.41, 5.74) is 2.51. The molecule has 2 aromatic rings. The van der Waals surface area contributed by atoms with E-state index < -0.39 is 0 Å². The average molecular weight is 311 g/mol. The molecular formula is C19H21NO3. The Hall–Kier alpha value is -2.36. The van der Waals surface area contributed by atoms with Crippen molar-refractivity contribution < 1.29 is 14.0 Å². The molecule has 0 aliphatic carbocycles. The van der Waals surface area contributed by atoms with Gasteiger partial charge in [0, 0.05) is 24.1 Å². The minimum Gasteiger partial charge on any atom is -0.472 e. The minimum absolute atomic E-state index is 0.0538. The van der Waals surface area contributed by atoms with Crippen LogP contribution >= 0.6 is 0 Å². The third kappa shape index (κ3) is 3.21. The highest BCUT2D eigenvalue weighted by molar-refractivity contribution is 5.99. The monoisotopic (exact) mass is 311 g/mol. The summed E-state index contributed by atoms with van der Waals surface area (Å²) in [6, 6.07) is 9.11. The molecule has 4 nitrogen and oxygen atoms in total. The number of hydrogen-bond acceptors (Lipinski definition) is 3. The van der Waals surface area contributed by atoms with Crippen LogP contribution in [0.15, 0.2) is 47.3 Å². The Labute approximate surface area is 136 Å². The zero-order chi connectivity index (χ0) is 16.2. The van der Waals surface area contributed by atoms with Crippen LogP contribution in [0.1, 0.15) is 43.0 Å². The van der Waals surface area contributed by atoms with Crippen molar-refractivity contribution in [1.82, 2.24) is 4.90 Å². The normalized spacial score (nSPS) is 18.0. The lowest BCUT2D eigenvalue weighted by molar-refractivity contribution is -0.124. The van der Waals surface area contributed by atoms with E-state index in [4.69, 9.17) is 4.42 Å². The number of amides is 1. The third-order valence-corrected chi connectivity index (χ3v) is 4.45. The first-order valence-electron chi connectivity index (χ1n) is 8.17. The minimum atomic E-state index is -0.265. The summed E-state index contributed by atoms with van der Waals surface area (Å²) in [4.78, 5) is 26.8. The molecule has 0 spiro atoms. The molecule has 4 heteroatoms. The zero-order valence-electron chi connectivity index (χ0n) is 13.3. The van der Waals surface area contributed by atoms with Crippen LogP contribution in [0.4, 0.5) is 0 Å². The number of Topliss-reactive ketones (excluding diaryl/α,β-unsaturated/α-hetero) is 1. The van der Waals surface area contributed by atoms with Gasteiger partial charge in [0.2, 0.25) is 0 Å². The van der Waals surface area contributed by atoms with Gasteiger partial charge in [0.25, 0.3) is 5.91 Å². The summed E-state index contributed by atoms with van der Waals surface area (Å²) in [6.45, 7) is 2.52. The molecule has 1 atom stereocenters. The number of piperidine rings is 1. The number of carbonyl (C=O) groups excluding carboxylic acids is 2. The number of furan rings is 1. The lowest BCUT2D eigenvalue weighted by Gasteiger charge is -2.34. The van der Waals surface area contributed by atoms with Crippen molar-refractivity contribution in [3.05, 3.63) is 48.4 Å². The Morgan fingerprint density at radius 1 is 1.22 bits per heavy atom. The standard InChI is InChI=1S/C19H21NO3/c1-2-18(21)17-8-3-4-10-20(17)19(22)15-7-5-6-14(12-15)16-9-11-23-13-16/h5-7,9,11-13,17H,2-4,8,10H2,1H3/t17-/m1/s1. The molecule has 0 saturated carbocycles. The molecule has 1 fully saturated rings. The molecule has 1 saturated heterocycles. The van der Waals surface area contributed by atoms with Crippen molar-refractivity contribution in [3.63, 3.8) is 0 Å². The summed E-state index contributed by atoms with van der Waals surface area (Å²) >= 11 is 0. The molecule has 1 aromatic carbocycles.